The monoisotopic (exact) mass is 134 g/mol. The maximum atomic E-state index is 8.92. The molecule has 1 aliphatic rings. The van der Waals surface area contributed by atoms with Crippen LogP contribution in [0.5, 0.6) is 0 Å². The summed E-state index contributed by atoms with van der Waals surface area (Å²) in [5, 5.41) is 26.2. The lowest BCUT2D eigenvalue weighted by molar-refractivity contribution is -0.00588. The van der Waals surface area contributed by atoms with Gasteiger partial charge in [0.1, 0.15) is 18.3 Å². The van der Waals surface area contributed by atoms with Crippen LogP contribution in [0.25, 0.3) is 0 Å². The standard InChI is InChI=1S/C5H10O4/c6-1-4-5(8)3(7)2-9-4/h3-8H,1-2H2. The van der Waals surface area contributed by atoms with Crippen molar-refractivity contribution in [3.8, 4) is 0 Å². The summed E-state index contributed by atoms with van der Waals surface area (Å²) in [6, 6.07) is 0. The lowest BCUT2D eigenvalue weighted by atomic mass is 10.2. The van der Waals surface area contributed by atoms with Crippen molar-refractivity contribution in [2.75, 3.05) is 13.2 Å². The minimum Gasteiger partial charge on any atom is -0.394 e. The van der Waals surface area contributed by atoms with Crippen LogP contribution in [0, 0.1) is 0 Å². The molecule has 3 atom stereocenters. The first-order valence-electron chi connectivity index (χ1n) is 2.84. The van der Waals surface area contributed by atoms with E-state index in [1.54, 1.807) is 0 Å². The van der Waals surface area contributed by atoms with Crippen LogP contribution in [-0.4, -0.2) is 46.8 Å². The fourth-order valence-electron chi connectivity index (χ4n) is 0.828. The summed E-state index contributed by atoms with van der Waals surface area (Å²) in [5.41, 5.74) is 0. The fraction of sp³-hybridized carbons (Fsp3) is 1.00. The summed E-state index contributed by atoms with van der Waals surface area (Å²) in [6.45, 7) is -0.120. The third-order valence-corrected chi connectivity index (χ3v) is 1.44. The van der Waals surface area contributed by atoms with Crippen molar-refractivity contribution in [3.05, 3.63) is 0 Å². The Balaban J connectivity index is 2.41. The second-order valence-corrected chi connectivity index (χ2v) is 2.11. The summed E-state index contributed by atoms with van der Waals surface area (Å²) < 4.78 is 4.78. The van der Waals surface area contributed by atoms with Crippen LogP contribution in [0.15, 0.2) is 0 Å². The Morgan fingerprint density at radius 2 is 2.11 bits per heavy atom. The lowest BCUT2D eigenvalue weighted by Gasteiger charge is -2.10. The molecule has 0 aromatic rings. The number of aliphatic hydroxyl groups excluding tert-OH is 3. The number of rotatable bonds is 1. The molecule has 0 bridgehead atoms. The van der Waals surface area contributed by atoms with Gasteiger partial charge in [-0.15, -0.1) is 0 Å². The molecule has 4 heteroatoms. The van der Waals surface area contributed by atoms with Gasteiger partial charge in [0.2, 0.25) is 0 Å². The summed E-state index contributed by atoms with van der Waals surface area (Å²) in [6.07, 6.45) is -2.35. The number of hydrogen-bond donors (Lipinski definition) is 3. The van der Waals surface area contributed by atoms with E-state index in [0.29, 0.717) is 0 Å². The van der Waals surface area contributed by atoms with Crippen molar-refractivity contribution in [3.63, 3.8) is 0 Å². The molecular weight excluding hydrogens is 124 g/mol. The highest BCUT2D eigenvalue weighted by atomic mass is 16.5. The average molecular weight is 134 g/mol. The second-order valence-electron chi connectivity index (χ2n) is 2.11. The highest BCUT2D eigenvalue weighted by Crippen LogP contribution is 2.12. The van der Waals surface area contributed by atoms with Gasteiger partial charge >= 0.3 is 0 Å². The van der Waals surface area contributed by atoms with Gasteiger partial charge in [-0.05, 0) is 0 Å². The van der Waals surface area contributed by atoms with E-state index in [4.69, 9.17) is 20.1 Å². The summed E-state index contributed by atoms with van der Waals surface area (Å²) >= 11 is 0. The number of aliphatic hydroxyl groups is 3. The van der Waals surface area contributed by atoms with Gasteiger partial charge in [0, 0.05) is 0 Å². The van der Waals surface area contributed by atoms with Crippen molar-refractivity contribution >= 4 is 0 Å². The average Bonchev–Trinajstić information content (AvgIpc) is 2.15. The van der Waals surface area contributed by atoms with E-state index in [0.717, 1.165) is 0 Å². The van der Waals surface area contributed by atoms with Gasteiger partial charge in [0.05, 0.1) is 13.2 Å². The van der Waals surface area contributed by atoms with E-state index in [9.17, 15) is 0 Å². The maximum Gasteiger partial charge on any atom is 0.110 e. The van der Waals surface area contributed by atoms with E-state index in [2.05, 4.69) is 0 Å². The van der Waals surface area contributed by atoms with Crippen LogP contribution in [0.2, 0.25) is 0 Å². The Labute approximate surface area is 52.7 Å². The van der Waals surface area contributed by atoms with E-state index >= 15 is 0 Å². The number of ether oxygens (including phenoxy) is 1. The molecule has 1 aliphatic heterocycles. The molecule has 0 amide bonds. The first kappa shape index (κ1) is 6.95. The molecule has 1 saturated heterocycles. The van der Waals surface area contributed by atoms with Crippen molar-refractivity contribution in [1.29, 1.82) is 0 Å². The first-order valence-corrected chi connectivity index (χ1v) is 2.84. The third kappa shape index (κ3) is 1.21. The van der Waals surface area contributed by atoms with Gasteiger partial charge in [-0.2, -0.15) is 0 Å². The zero-order chi connectivity index (χ0) is 6.85. The zero-order valence-corrected chi connectivity index (χ0v) is 4.90. The van der Waals surface area contributed by atoms with Gasteiger partial charge in [-0.3, -0.25) is 0 Å². The predicted octanol–water partition coefficient (Wildman–Crippen LogP) is -1.90. The second kappa shape index (κ2) is 2.62. The van der Waals surface area contributed by atoms with E-state index in [1.165, 1.54) is 0 Å². The molecule has 0 saturated carbocycles. The molecule has 3 N–H and O–H groups in total. The molecule has 1 fully saturated rings. The SMILES string of the molecule is OCC1OCC(O)C1O. The van der Waals surface area contributed by atoms with Crippen LogP contribution in [0.1, 0.15) is 0 Å². The molecule has 54 valence electrons. The van der Waals surface area contributed by atoms with Gasteiger partial charge in [0.25, 0.3) is 0 Å². The maximum absolute atomic E-state index is 8.92. The fourth-order valence-corrected chi connectivity index (χ4v) is 0.828. The predicted molar refractivity (Wildman–Crippen MR) is 28.8 cm³/mol. The van der Waals surface area contributed by atoms with Crippen LogP contribution in [0.3, 0.4) is 0 Å². The largest absolute Gasteiger partial charge is 0.394 e. The summed E-state index contributed by atoms with van der Waals surface area (Å²) in [5.74, 6) is 0. The van der Waals surface area contributed by atoms with Crippen LogP contribution < -0.4 is 0 Å². The lowest BCUT2D eigenvalue weighted by Crippen LogP contribution is -2.31. The first-order chi connectivity index (χ1) is 4.25. The van der Waals surface area contributed by atoms with Crippen LogP contribution >= 0.6 is 0 Å². The van der Waals surface area contributed by atoms with Gasteiger partial charge in [-0.1, -0.05) is 0 Å². The summed E-state index contributed by atoms with van der Waals surface area (Å²) in [7, 11) is 0. The zero-order valence-electron chi connectivity index (χ0n) is 4.90. The van der Waals surface area contributed by atoms with Crippen LogP contribution in [-0.2, 0) is 4.74 Å². The molecule has 0 aromatic heterocycles. The Hall–Kier alpha value is -0.160. The Morgan fingerprint density at radius 3 is 2.33 bits per heavy atom. The van der Waals surface area contributed by atoms with E-state index in [-0.39, 0.29) is 13.2 Å². The topological polar surface area (TPSA) is 69.9 Å². The van der Waals surface area contributed by atoms with Gasteiger partial charge in [0.15, 0.2) is 0 Å². The van der Waals surface area contributed by atoms with Gasteiger partial charge in [-0.25, -0.2) is 0 Å². The highest BCUT2D eigenvalue weighted by Gasteiger charge is 2.33. The molecule has 1 rings (SSSR count). The Bertz CT molecular complexity index is 95.0. The molecule has 0 radical (unpaired) electrons. The molecule has 3 unspecified atom stereocenters. The van der Waals surface area contributed by atoms with Gasteiger partial charge < -0.3 is 20.1 Å². The molecule has 4 nitrogen and oxygen atoms in total. The molecule has 9 heavy (non-hydrogen) atoms. The van der Waals surface area contributed by atoms with Crippen molar-refractivity contribution in [2.24, 2.45) is 0 Å². The molecule has 0 spiro atoms. The molecule has 1 heterocycles. The quantitative estimate of drug-likeness (QED) is 0.392. The normalized spacial score (nSPS) is 43.7. The van der Waals surface area contributed by atoms with E-state index in [1.807, 2.05) is 0 Å². The Kier molecular flexibility index (Phi) is 2.02. The minimum absolute atomic E-state index is 0.117. The third-order valence-electron chi connectivity index (χ3n) is 1.44. The van der Waals surface area contributed by atoms with Crippen molar-refractivity contribution in [2.45, 2.75) is 18.3 Å². The smallest absolute Gasteiger partial charge is 0.110 e. The minimum atomic E-state index is -0.921. The molecule has 0 aromatic carbocycles. The van der Waals surface area contributed by atoms with Crippen molar-refractivity contribution in [1.82, 2.24) is 0 Å². The molecule has 0 aliphatic carbocycles. The number of hydrogen-bond acceptors (Lipinski definition) is 4. The highest BCUT2D eigenvalue weighted by molar-refractivity contribution is 4.81. The molecular formula is C5H10O4. The van der Waals surface area contributed by atoms with Crippen molar-refractivity contribution < 1.29 is 20.1 Å². The van der Waals surface area contributed by atoms with Crippen LogP contribution in [0.4, 0.5) is 0 Å². The Morgan fingerprint density at radius 1 is 1.44 bits per heavy atom. The summed E-state index contributed by atoms with van der Waals surface area (Å²) in [4.78, 5) is 0. The van der Waals surface area contributed by atoms with E-state index < -0.39 is 18.3 Å².